The number of primary amides is 1. The van der Waals surface area contributed by atoms with Crippen molar-refractivity contribution in [3.63, 3.8) is 0 Å². The topological polar surface area (TPSA) is 61.9 Å². The molecule has 0 atom stereocenters. The van der Waals surface area contributed by atoms with Crippen LogP contribution < -0.4 is 5.73 Å². The van der Waals surface area contributed by atoms with Crippen LogP contribution in [0.4, 0.5) is 18.0 Å². The molecule has 1 aromatic carbocycles. The first-order valence-corrected chi connectivity index (χ1v) is 12.6. The van der Waals surface area contributed by atoms with Gasteiger partial charge in [-0.05, 0) is 82.3 Å². The van der Waals surface area contributed by atoms with Crippen LogP contribution in [0.5, 0.6) is 0 Å². The minimum atomic E-state index is -3.15. The van der Waals surface area contributed by atoms with Crippen LogP contribution in [0.1, 0.15) is 58.4 Å². The standard InChI is InChI=1S/C25H36F3IN4O/c1-6-14-31-21(25(27,28)29)15-18(2)33(22(30)34)17-23(3)10-12-24(13-11-23,32(4)5)19-8-7-9-20(26)16-19/h7-9,15-16H,6,10-14,17H2,1-5H3,(H2,30,34)/b18-15+,31-21?. The molecule has 0 saturated heterocycles. The molecule has 2 N–H and O–H groups in total. The number of aliphatic imine (C=N–C) groups is 1. The van der Waals surface area contributed by atoms with Crippen LogP contribution in [0.2, 0.25) is 0 Å². The number of halogens is 4. The molecule has 0 spiro atoms. The molecule has 190 valence electrons. The molecule has 2 amide bonds. The van der Waals surface area contributed by atoms with E-state index in [1.807, 2.05) is 27.1 Å². The molecule has 5 nitrogen and oxygen atoms in total. The molecule has 1 saturated carbocycles. The molecule has 0 heterocycles. The van der Waals surface area contributed by atoms with Crippen molar-refractivity contribution in [2.75, 3.05) is 27.2 Å². The van der Waals surface area contributed by atoms with E-state index in [1.165, 1.54) is 17.0 Å². The Morgan fingerprint density at radius 3 is 2.35 bits per heavy atom. The van der Waals surface area contributed by atoms with Gasteiger partial charge in [-0.15, -0.1) is 0 Å². The number of carbonyl (C=O) groups excluding carboxylic acids is 1. The van der Waals surface area contributed by atoms with Crippen LogP contribution in [0, 0.1) is 11.2 Å². The minimum absolute atomic E-state index is 0.264. The maximum Gasteiger partial charge on any atom is 0.337 e. The Balaban J connectivity index is 2.27. The van der Waals surface area contributed by atoms with Crippen LogP contribution in [-0.4, -0.2) is 52.7 Å². The van der Waals surface area contributed by atoms with Crippen LogP contribution in [0.15, 0.2) is 41.0 Å². The highest BCUT2D eigenvalue weighted by Gasteiger charge is 2.44. The van der Waals surface area contributed by atoms with E-state index >= 15 is 0 Å². The first-order chi connectivity index (χ1) is 15.7. The molecule has 1 aliphatic rings. The van der Waals surface area contributed by atoms with Gasteiger partial charge in [0.05, 0.1) is 0 Å². The monoisotopic (exact) mass is 592 g/mol. The molecule has 0 unspecified atom stereocenters. The third-order valence-electron chi connectivity index (χ3n) is 6.88. The summed E-state index contributed by atoms with van der Waals surface area (Å²) in [6.07, 6.45) is 4.96. The van der Waals surface area contributed by atoms with E-state index in [2.05, 4.69) is 16.8 Å². The van der Waals surface area contributed by atoms with Gasteiger partial charge in [0.15, 0.2) is 0 Å². The zero-order valence-electron chi connectivity index (χ0n) is 20.7. The fourth-order valence-electron chi connectivity index (χ4n) is 4.68. The van der Waals surface area contributed by atoms with Crippen molar-refractivity contribution in [2.45, 2.75) is 62.3 Å². The van der Waals surface area contributed by atoms with Crippen molar-refractivity contribution in [2.24, 2.45) is 16.1 Å². The molecule has 1 aromatic rings. The van der Waals surface area contributed by atoms with Gasteiger partial charge in [-0.3, -0.25) is 14.8 Å². The smallest absolute Gasteiger partial charge is 0.337 e. The predicted molar refractivity (Wildman–Crippen MR) is 140 cm³/mol. The van der Waals surface area contributed by atoms with E-state index in [0.29, 0.717) is 18.7 Å². The SMILES string of the molecule is CCCN=C(/C=C(\C)N(CC1(C)CCC(c2cccc(F)c2)(N(C)C)CC1)C(N)=O)C(F)(F)I. The Hall–Kier alpha value is -1.62. The van der Waals surface area contributed by atoms with E-state index in [0.717, 1.165) is 53.8 Å². The van der Waals surface area contributed by atoms with Crippen molar-refractivity contribution >= 4 is 34.3 Å². The zero-order chi connectivity index (χ0) is 25.7. The van der Waals surface area contributed by atoms with E-state index in [4.69, 9.17) is 5.73 Å². The van der Waals surface area contributed by atoms with E-state index in [1.54, 1.807) is 19.1 Å². The molecular weight excluding hydrogens is 556 g/mol. The number of benzene rings is 1. The molecule has 1 fully saturated rings. The molecule has 9 heteroatoms. The van der Waals surface area contributed by atoms with Gasteiger partial charge >= 0.3 is 9.96 Å². The lowest BCUT2D eigenvalue weighted by atomic mass is 9.65. The second kappa shape index (κ2) is 11.4. The Kier molecular flexibility index (Phi) is 9.60. The molecule has 2 rings (SSSR count). The number of allylic oxidation sites excluding steroid dienone is 2. The second-order valence-electron chi connectivity index (χ2n) is 9.72. The molecular formula is C25H36F3IN4O. The fraction of sp³-hybridized carbons (Fsp3) is 0.600. The molecule has 34 heavy (non-hydrogen) atoms. The van der Waals surface area contributed by atoms with Gasteiger partial charge in [0.1, 0.15) is 11.5 Å². The molecule has 0 aliphatic heterocycles. The molecule has 0 radical (unpaired) electrons. The summed E-state index contributed by atoms with van der Waals surface area (Å²) in [5.74, 6) is -0.264. The van der Waals surface area contributed by atoms with Gasteiger partial charge in [-0.2, -0.15) is 8.78 Å². The van der Waals surface area contributed by atoms with Gasteiger partial charge in [0.2, 0.25) is 0 Å². The van der Waals surface area contributed by atoms with Crippen LogP contribution in [0.3, 0.4) is 0 Å². The first kappa shape index (κ1) is 28.6. The van der Waals surface area contributed by atoms with Crippen LogP contribution in [-0.2, 0) is 5.54 Å². The summed E-state index contributed by atoms with van der Waals surface area (Å²) in [6.45, 7) is 6.14. The molecule has 1 aliphatic carbocycles. The number of nitrogens with zero attached hydrogens (tertiary/aromatic N) is 3. The number of hydrogen-bond acceptors (Lipinski definition) is 3. The summed E-state index contributed by atoms with van der Waals surface area (Å²) in [5, 5.41) is 0. The third-order valence-corrected chi connectivity index (χ3v) is 7.43. The number of rotatable bonds is 9. The van der Waals surface area contributed by atoms with Crippen molar-refractivity contribution in [3.8, 4) is 0 Å². The van der Waals surface area contributed by atoms with Gasteiger partial charge in [0.25, 0.3) is 0 Å². The highest BCUT2D eigenvalue weighted by atomic mass is 127. The highest BCUT2D eigenvalue weighted by molar-refractivity contribution is 14.1. The van der Waals surface area contributed by atoms with Gasteiger partial charge < -0.3 is 5.73 Å². The lowest BCUT2D eigenvalue weighted by molar-refractivity contribution is 0.0332. The largest absolute Gasteiger partial charge is 0.351 e. The van der Waals surface area contributed by atoms with Crippen LogP contribution in [0.25, 0.3) is 0 Å². The first-order valence-electron chi connectivity index (χ1n) is 11.5. The Bertz CT molecular complexity index is 919. The van der Waals surface area contributed by atoms with Crippen molar-refractivity contribution in [3.05, 3.63) is 47.4 Å². The zero-order valence-corrected chi connectivity index (χ0v) is 22.8. The Morgan fingerprint density at radius 2 is 1.88 bits per heavy atom. The number of alkyl halides is 3. The third kappa shape index (κ3) is 6.96. The Labute approximate surface area is 214 Å². The lowest BCUT2D eigenvalue weighted by Crippen LogP contribution is -2.50. The number of hydrogen-bond donors (Lipinski definition) is 1. The summed E-state index contributed by atoms with van der Waals surface area (Å²) >= 11 is 1.05. The summed E-state index contributed by atoms with van der Waals surface area (Å²) < 4.78 is 39.0. The summed E-state index contributed by atoms with van der Waals surface area (Å²) in [7, 11) is 4.00. The average molecular weight is 592 g/mol. The van der Waals surface area contributed by atoms with Crippen LogP contribution >= 0.6 is 22.6 Å². The maximum atomic E-state index is 14.1. The summed E-state index contributed by atoms with van der Waals surface area (Å²) in [6, 6.07) is 6.03. The summed E-state index contributed by atoms with van der Waals surface area (Å²) in [5.41, 5.74) is 6.00. The van der Waals surface area contributed by atoms with Gasteiger partial charge in [0, 0.05) is 46.9 Å². The van der Waals surface area contributed by atoms with E-state index < -0.39 is 9.96 Å². The minimum Gasteiger partial charge on any atom is -0.351 e. The number of urea groups is 1. The van der Waals surface area contributed by atoms with Gasteiger partial charge in [-0.1, -0.05) is 26.0 Å². The Morgan fingerprint density at radius 1 is 1.26 bits per heavy atom. The quantitative estimate of drug-likeness (QED) is 0.207. The number of nitrogens with two attached hydrogens (primary N) is 1. The lowest BCUT2D eigenvalue weighted by Gasteiger charge is -2.50. The predicted octanol–water partition coefficient (Wildman–Crippen LogP) is 6.33. The van der Waals surface area contributed by atoms with Crippen molar-refractivity contribution in [1.82, 2.24) is 9.80 Å². The normalized spacial score (nSPS) is 24.4. The summed E-state index contributed by atoms with van der Waals surface area (Å²) in [4.78, 5) is 19.8. The molecule has 0 bridgehead atoms. The second-order valence-corrected chi connectivity index (χ2v) is 11.1. The molecule has 0 aromatic heterocycles. The fourth-order valence-corrected chi connectivity index (χ4v) is 5.01. The van der Waals surface area contributed by atoms with Gasteiger partial charge in [-0.25, -0.2) is 9.18 Å². The van der Waals surface area contributed by atoms with Crippen molar-refractivity contribution < 1.29 is 18.0 Å². The van der Waals surface area contributed by atoms with E-state index in [-0.39, 0.29) is 29.0 Å². The maximum absolute atomic E-state index is 14.1. The number of amides is 2. The highest BCUT2D eigenvalue weighted by Crippen LogP contribution is 2.48. The van der Waals surface area contributed by atoms with E-state index in [9.17, 15) is 18.0 Å². The average Bonchev–Trinajstić information content (AvgIpc) is 2.74. The number of carbonyl (C=O) groups is 1. The van der Waals surface area contributed by atoms with Crippen molar-refractivity contribution in [1.29, 1.82) is 0 Å².